The second-order valence-electron chi connectivity index (χ2n) is 4.15. The van der Waals surface area contributed by atoms with Crippen molar-refractivity contribution in [2.24, 2.45) is 0 Å². The van der Waals surface area contributed by atoms with Crippen molar-refractivity contribution in [2.75, 3.05) is 0 Å². The molecule has 0 unspecified atom stereocenters. The minimum absolute atomic E-state index is 0.145. The van der Waals surface area contributed by atoms with E-state index in [0.717, 1.165) is 6.07 Å². The first-order valence-electron chi connectivity index (χ1n) is 5.67. The number of ketones is 1. The van der Waals surface area contributed by atoms with E-state index < -0.39 is 11.6 Å². The van der Waals surface area contributed by atoms with Crippen LogP contribution in [0.15, 0.2) is 48.2 Å². The van der Waals surface area contributed by atoms with Gasteiger partial charge in [-0.15, -0.1) is 0 Å². The quantitative estimate of drug-likeness (QED) is 0.797. The van der Waals surface area contributed by atoms with E-state index in [-0.39, 0.29) is 11.5 Å². The zero-order valence-electron chi connectivity index (χ0n) is 9.76. The number of phenolic OH excluding ortho intramolecular Hbond substituents is 1. The lowest BCUT2D eigenvalue weighted by atomic mass is 10.1. The van der Waals surface area contributed by atoms with Gasteiger partial charge in [-0.3, -0.25) is 4.79 Å². The molecular formula is C15H9FO3. The van der Waals surface area contributed by atoms with E-state index in [1.54, 1.807) is 24.3 Å². The molecule has 0 radical (unpaired) electrons. The maximum atomic E-state index is 13.2. The number of Topliss-reactive ketones (excluding diaryl/α,β-unsaturated/α-hetero) is 1. The normalized spacial score (nSPS) is 15.4. The van der Waals surface area contributed by atoms with Crippen molar-refractivity contribution >= 4 is 11.9 Å². The zero-order chi connectivity index (χ0) is 13.4. The lowest BCUT2D eigenvalue weighted by molar-refractivity contribution is 0.101. The Bertz CT molecular complexity index is 704. The van der Waals surface area contributed by atoms with Crippen LogP contribution in [0.4, 0.5) is 4.39 Å². The number of fused-ring (bicyclic) bond motifs is 1. The van der Waals surface area contributed by atoms with Crippen molar-refractivity contribution in [2.45, 2.75) is 0 Å². The number of para-hydroxylation sites is 1. The van der Waals surface area contributed by atoms with Gasteiger partial charge in [0, 0.05) is 0 Å². The smallest absolute Gasteiger partial charge is 0.231 e. The summed E-state index contributed by atoms with van der Waals surface area (Å²) in [6.07, 6.45) is 1.45. The Morgan fingerprint density at radius 3 is 2.68 bits per heavy atom. The average Bonchev–Trinajstić information content (AvgIpc) is 2.72. The summed E-state index contributed by atoms with van der Waals surface area (Å²) in [6.45, 7) is 0. The molecule has 1 heterocycles. The largest absolute Gasteiger partial charge is 0.505 e. The number of hydrogen-bond acceptors (Lipinski definition) is 3. The van der Waals surface area contributed by atoms with Gasteiger partial charge in [-0.1, -0.05) is 18.2 Å². The first-order valence-corrected chi connectivity index (χ1v) is 5.67. The zero-order valence-corrected chi connectivity index (χ0v) is 9.76. The summed E-state index contributed by atoms with van der Waals surface area (Å²) in [4.78, 5) is 12.0. The van der Waals surface area contributed by atoms with Crippen LogP contribution >= 0.6 is 0 Å². The van der Waals surface area contributed by atoms with E-state index >= 15 is 0 Å². The highest BCUT2D eigenvalue weighted by molar-refractivity contribution is 6.14. The molecule has 1 aliphatic heterocycles. The number of ether oxygens (including phenoxy) is 1. The van der Waals surface area contributed by atoms with Crippen LogP contribution in [0.3, 0.4) is 0 Å². The van der Waals surface area contributed by atoms with Gasteiger partial charge in [0.15, 0.2) is 17.3 Å². The maximum Gasteiger partial charge on any atom is 0.231 e. The van der Waals surface area contributed by atoms with Gasteiger partial charge >= 0.3 is 0 Å². The van der Waals surface area contributed by atoms with Crippen LogP contribution in [-0.2, 0) is 0 Å². The van der Waals surface area contributed by atoms with E-state index in [0.29, 0.717) is 16.9 Å². The van der Waals surface area contributed by atoms with Crippen molar-refractivity contribution in [3.05, 3.63) is 65.2 Å². The minimum Gasteiger partial charge on any atom is -0.505 e. The molecule has 0 amide bonds. The fraction of sp³-hybridized carbons (Fsp3) is 0. The number of phenols is 1. The summed E-state index contributed by atoms with van der Waals surface area (Å²) in [5.41, 5.74) is 0.944. The highest BCUT2D eigenvalue weighted by Crippen LogP contribution is 2.31. The molecule has 0 spiro atoms. The summed E-state index contributed by atoms with van der Waals surface area (Å²) in [5.74, 6) is -0.755. The van der Waals surface area contributed by atoms with Crippen LogP contribution in [0.25, 0.3) is 6.08 Å². The van der Waals surface area contributed by atoms with Crippen molar-refractivity contribution in [3.63, 3.8) is 0 Å². The Morgan fingerprint density at radius 1 is 1.16 bits per heavy atom. The monoisotopic (exact) mass is 256 g/mol. The van der Waals surface area contributed by atoms with E-state index in [4.69, 9.17) is 9.84 Å². The molecule has 0 aromatic heterocycles. The molecule has 0 saturated heterocycles. The van der Waals surface area contributed by atoms with Crippen LogP contribution in [0.5, 0.6) is 11.5 Å². The van der Waals surface area contributed by atoms with Crippen LogP contribution in [0.2, 0.25) is 0 Å². The van der Waals surface area contributed by atoms with Gasteiger partial charge in [-0.25, -0.2) is 4.39 Å². The molecule has 19 heavy (non-hydrogen) atoms. The molecule has 0 saturated carbocycles. The molecule has 2 aromatic carbocycles. The Balaban J connectivity index is 1.98. The van der Waals surface area contributed by atoms with Crippen LogP contribution in [0, 0.1) is 5.82 Å². The third-order valence-electron chi connectivity index (χ3n) is 2.84. The Kier molecular flexibility index (Phi) is 2.56. The topological polar surface area (TPSA) is 46.5 Å². The predicted molar refractivity (Wildman–Crippen MR) is 67.4 cm³/mol. The average molecular weight is 256 g/mol. The van der Waals surface area contributed by atoms with E-state index in [9.17, 15) is 9.18 Å². The number of benzene rings is 2. The molecular weight excluding hydrogens is 247 g/mol. The van der Waals surface area contributed by atoms with Gasteiger partial charge < -0.3 is 9.84 Å². The van der Waals surface area contributed by atoms with Crippen molar-refractivity contribution < 1.29 is 19.0 Å². The van der Waals surface area contributed by atoms with E-state index in [1.807, 2.05) is 0 Å². The molecule has 1 aliphatic rings. The molecule has 0 fully saturated rings. The van der Waals surface area contributed by atoms with Crippen molar-refractivity contribution in [1.82, 2.24) is 0 Å². The van der Waals surface area contributed by atoms with Gasteiger partial charge in [0.25, 0.3) is 0 Å². The highest BCUT2D eigenvalue weighted by Gasteiger charge is 2.26. The lowest BCUT2D eigenvalue weighted by Gasteiger charge is -1.99. The van der Waals surface area contributed by atoms with Gasteiger partial charge in [-0.2, -0.15) is 0 Å². The van der Waals surface area contributed by atoms with Gasteiger partial charge in [0.05, 0.1) is 5.56 Å². The number of rotatable bonds is 1. The first kappa shape index (κ1) is 11.5. The van der Waals surface area contributed by atoms with Gasteiger partial charge in [0.2, 0.25) is 5.78 Å². The number of aromatic hydroxyl groups is 1. The number of allylic oxidation sites excluding steroid dienone is 1. The molecule has 2 aromatic rings. The number of carbonyl (C=O) groups is 1. The second kappa shape index (κ2) is 4.24. The van der Waals surface area contributed by atoms with Crippen molar-refractivity contribution in [3.8, 4) is 11.5 Å². The fourth-order valence-corrected chi connectivity index (χ4v) is 1.90. The highest BCUT2D eigenvalue weighted by atomic mass is 19.1. The van der Waals surface area contributed by atoms with Gasteiger partial charge in [-0.05, 0) is 35.9 Å². The molecule has 94 valence electrons. The summed E-state index contributed by atoms with van der Waals surface area (Å²) in [5, 5.41) is 9.10. The Morgan fingerprint density at radius 2 is 1.95 bits per heavy atom. The number of hydrogen-bond donors (Lipinski definition) is 1. The Labute approximate surface area is 108 Å². The van der Waals surface area contributed by atoms with Crippen LogP contribution in [0.1, 0.15) is 15.9 Å². The molecule has 3 rings (SSSR count). The predicted octanol–water partition coefficient (Wildman–Crippen LogP) is 3.15. The molecule has 0 aliphatic carbocycles. The second-order valence-corrected chi connectivity index (χ2v) is 4.15. The minimum atomic E-state index is -0.739. The fourth-order valence-electron chi connectivity index (χ4n) is 1.90. The Hall–Kier alpha value is -2.62. The summed E-state index contributed by atoms with van der Waals surface area (Å²) in [6, 6.07) is 10.8. The number of carbonyl (C=O) groups excluding carboxylic acids is 1. The summed E-state index contributed by atoms with van der Waals surface area (Å²) in [7, 11) is 0. The van der Waals surface area contributed by atoms with E-state index in [2.05, 4.69) is 0 Å². The van der Waals surface area contributed by atoms with Crippen LogP contribution in [-0.4, -0.2) is 10.9 Å². The molecule has 0 bridgehead atoms. The first-order chi connectivity index (χ1) is 9.15. The summed E-state index contributed by atoms with van der Waals surface area (Å²) < 4.78 is 18.6. The molecule has 1 N–H and O–H groups in total. The number of halogens is 1. The summed E-state index contributed by atoms with van der Waals surface area (Å²) >= 11 is 0. The van der Waals surface area contributed by atoms with E-state index in [1.165, 1.54) is 18.2 Å². The molecule has 4 heteroatoms. The molecule has 0 atom stereocenters. The standard InChI is InChI=1S/C15H9FO3/c16-11-7-9(5-6-12(11)17)8-14-15(18)10-3-1-2-4-13(10)19-14/h1-8,17H. The third kappa shape index (κ3) is 1.97. The third-order valence-corrected chi connectivity index (χ3v) is 2.84. The lowest BCUT2D eigenvalue weighted by Crippen LogP contribution is -1.98. The maximum absolute atomic E-state index is 13.2. The van der Waals surface area contributed by atoms with Gasteiger partial charge in [0.1, 0.15) is 5.75 Å². The van der Waals surface area contributed by atoms with Crippen LogP contribution < -0.4 is 4.74 Å². The SMILES string of the molecule is O=C1C(=Cc2ccc(O)c(F)c2)Oc2ccccc21. The molecule has 3 nitrogen and oxygen atoms in total. The van der Waals surface area contributed by atoms with Crippen molar-refractivity contribution in [1.29, 1.82) is 0 Å².